The number of carbonyl (C=O) groups excluding carboxylic acids is 1. The molecule has 0 aliphatic carbocycles. The van der Waals surface area contributed by atoms with Gasteiger partial charge >= 0.3 is 0 Å². The molecule has 0 saturated carbocycles. The van der Waals surface area contributed by atoms with E-state index in [1.807, 2.05) is 24.3 Å². The lowest BCUT2D eigenvalue weighted by atomic mass is 10.2. The molecule has 92 valence electrons. The Hall–Kier alpha value is -2.56. The number of hydrogen-bond donors (Lipinski definition) is 3. The SMILES string of the molecule is CC(=O)Nc1ccc(Nc2ccc(N)cn2)cc1. The van der Waals surface area contributed by atoms with Crippen molar-refractivity contribution in [2.45, 2.75) is 6.92 Å². The van der Waals surface area contributed by atoms with Crippen LogP contribution in [0, 0.1) is 0 Å². The first-order chi connectivity index (χ1) is 8.63. The topological polar surface area (TPSA) is 80.0 Å². The van der Waals surface area contributed by atoms with Gasteiger partial charge in [0, 0.05) is 18.3 Å². The zero-order valence-corrected chi connectivity index (χ0v) is 9.97. The summed E-state index contributed by atoms with van der Waals surface area (Å²) in [7, 11) is 0. The maximum absolute atomic E-state index is 10.9. The molecule has 1 amide bonds. The van der Waals surface area contributed by atoms with Gasteiger partial charge in [-0.1, -0.05) is 0 Å². The van der Waals surface area contributed by atoms with Crippen LogP contribution in [0.15, 0.2) is 42.6 Å². The van der Waals surface area contributed by atoms with Crippen LogP contribution in [0.4, 0.5) is 22.9 Å². The Labute approximate surface area is 105 Å². The summed E-state index contributed by atoms with van der Waals surface area (Å²) < 4.78 is 0. The third-order valence-electron chi connectivity index (χ3n) is 2.26. The van der Waals surface area contributed by atoms with Gasteiger partial charge in [0.25, 0.3) is 0 Å². The third kappa shape index (κ3) is 3.21. The molecule has 0 fully saturated rings. The van der Waals surface area contributed by atoms with Crippen LogP contribution < -0.4 is 16.4 Å². The molecule has 5 heteroatoms. The molecule has 2 rings (SSSR count). The summed E-state index contributed by atoms with van der Waals surface area (Å²) in [5.41, 5.74) is 7.83. The molecule has 0 saturated heterocycles. The number of benzene rings is 1. The van der Waals surface area contributed by atoms with Crippen LogP contribution in [0.5, 0.6) is 0 Å². The molecule has 0 radical (unpaired) electrons. The Balaban J connectivity index is 2.06. The lowest BCUT2D eigenvalue weighted by molar-refractivity contribution is -0.114. The molecular weight excluding hydrogens is 228 g/mol. The van der Waals surface area contributed by atoms with Crippen molar-refractivity contribution in [3.8, 4) is 0 Å². The predicted octanol–water partition coefficient (Wildman–Crippen LogP) is 2.37. The maximum atomic E-state index is 10.9. The summed E-state index contributed by atoms with van der Waals surface area (Å²) in [6.45, 7) is 1.48. The number of hydrogen-bond acceptors (Lipinski definition) is 4. The summed E-state index contributed by atoms with van der Waals surface area (Å²) >= 11 is 0. The summed E-state index contributed by atoms with van der Waals surface area (Å²) in [5, 5.41) is 5.84. The molecule has 0 unspecified atom stereocenters. The smallest absolute Gasteiger partial charge is 0.221 e. The zero-order valence-electron chi connectivity index (χ0n) is 9.97. The number of carbonyl (C=O) groups is 1. The van der Waals surface area contributed by atoms with Gasteiger partial charge in [0.05, 0.1) is 11.9 Å². The van der Waals surface area contributed by atoms with E-state index in [4.69, 9.17) is 5.73 Å². The summed E-state index contributed by atoms with van der Waals surface area (Å²) in [6, 6.07) is 11.0. The number of nitrogens with one attached hydrogen (secondary N) is 2. The first kappa shape index (κ1) is 11.9. The van der Waals surface area contributed by atoms with E-state index in [0.717, 1.165) is 17.2 Å². The fourth-order valence-electron chi connectivity index (χ4n) is 1.47. The number of nitrogens with zero attached hydrogens (tertiary/aromatic N) is 1. The highest BCUT2D eigenvalue weighted by Crippen LogP contribution is 2.17. The van der Waals surface area contributed by atoms with Crippen molar-refractivity contribution in [3.63, 3.8) is 0 Å². The highest BCUT2D eigenvalue weighted by Gasteiger charge is 1.98. The van der Waals surface area contributed by atoms with Gasteiger partial charge in [-0.25, -0.2) is 4.98 Å². The normalized spacial score (nSPS) is 9.83. The Bertz CT molecular complexity index is 534. The van der Waals surface area contributed by atoms with Gasteiger partial charge in [0.1, 0.15) is 5.82 Å². The second-order valence-electron chi connectivity index (χ2n) is 3.86. The number of amides is 1. The van der Waals surface area contributed by atoms with Crippen molar-refractivity contribution in [1.82, 2.24) is 4.98 Å². The molecule has 1 aromatic carbocycles. The minimum atomic E-state index is -0.0871. The molecule has 2 aromatic rings. The van der Waals surface area contributed by atoms with Crippen molar-refractivity contribution >= 4 is 28.8 Å². The number of pyridine rings is 1. The average Bonchev–Trinajstić information content (AvgIpc) is 2.34. The van der Waals surface area contributed by atoms with Crippen LogP contribution in [0.1, 0.15) is 6.92 Å². The maximum Gasteiger partial charge on any atom is 0.221 e. The van der Waals surface area contributed by atoms with Crippen molar-refractivity contribution in [2.24, 2.45) is 0 Å². The Kier molecular flexibility index (Phi) is 3.43. The Morgan fingerprint density at radius 2 is 1.78 bits per heavy atom. The van der Waals surface area contributed by atoms with Gasteiger partial charge < -0.3 is 16.4 Å². The minimum absolute atomic E-state index is 0.0871. The zero-order chi connectivity index (χ0) is 13.0. The molecule has 18 heavy (non-hydrogen) atoms. The molecule has 5 nitrogen and oxygen atoms in total. The van der Waals surface area contributed by atoms with Crippen LogP contribution in [0.3, 0.4) is 0 Å². The van der Waals surface area contributed by atoms with E-state index in [9.17, 15) is 4.79 Å². The lowest BCUT2D eigenvalue weighted by Gasteiger charge is -2.07. The fourth-order valence-corrected chi connectivity index (χ4v) is 1.47. The van der Waals surface area contributed by atoms with Gasteiger partial charge in [-0.2, -0.15) is 0 Å². The van der Waals surface area contributed by atoms with E-state index in [1.165, 1.54) is 6.92 Å². The molecule has 0 aliphatic rings. The van der Waals surface area contributed by atoms with Gasteiger partial charge in [0.15, 0.2) is 0 Å². The van der Waals surface area contributed by atoms with E-state index in [-0.39, 0.29) is 5.91 Å². The first-order valence-electron chi connectivity index (χ1n) is 5.50. The average molecular weight is 242 g/mol. The molecule has 0 spiro atoms. The number of aromatic nitrogens is 1. The van der Waals surface area contributed by atoms with Crippen molar-refractivity contribution in [1.29, 1.82) is 0 Å². The van der Waals surface area contributed by atoms with Gasteiger partial charge in [-0.05, 0) is 36.4 Å². The summed E-state index contributed by atoms with van der Waals surface area (Å²) in [5.74, 6) is 0.632. The largest absolute Gasteiger partial charge is 0.397 e. The number of anilines is 4. The standard InChI is InChI=1S/C13H14N4O/c1-9(18)16-11-3-5-12(6-4-11)17-13-7-2-10(14)8-15-13/h2-8H,14H2,1H3,(H,15,17)(H,16,18). The molecule has 0 bridgehead atoms. The molecule has 1 heterocycles. The summed E-state index contributed by atoms with van der Waals surface area (Å²) in [6.07, 6.45) is 1.59. The summed E-state index contributed by atoms with van der Waals surface area (Å²) in [4.78, 5) is 15.0. The van der Waals surface area contributed by atoms with Crippen LogP contribution in [0.25, 0.3) is 0 Å². The number of rotatable bonds is 3. The molecule has 0 atom stereocenters. The minimum Gasteiger partial charge on any atom is -0.397 e. The van der Waals surface area contributed by atoms with Crippen LogP contribution in [0.2, 0.25) is 0 Å². The third-order valence-corrected chi connectivity index (χ3v) is 2.26. The van der Waals surface area contributed by atoms with E-state index >= 15 is 0 Å². The van der Waals surface area contributed by atoms with E-state index in [0.29, 0.717) is 5.69 Å². The lowest BCUT2D eigenvalue weighted by Crippen LogP contribution is -2.05. The second kappa shape index (κ2) is 5.18. The van der Waals surface area contributed by atoms with Crippen LogP contribution in [-0.2, 0) is 4.79 Å². The predicted molar refractivity (Wildman–Crippen MR) is 72.7 cm³/mol. The molecular formula is C13H14N4O. The van der Waals surface area contributed by atoms with Gasteiger partial charge in [-0.3, -0.25) is 4.79 Å². The Morgan fingerprint density at radius 3 is 2.33 bits per heavy atom. The Morgan fingerprint density at radius 1 is 1.11 bits per heavy atom. The van der Waals surface area contributed by atoms with Crippen LogP contribution in [-0.4, -0.2) is 10.9 Å². The highest BCUT2D eigenvalue weighted by atomic mass is 16.1. The van der Waals surface area contributed by atoms with E-state index in [2.05, 4.69) is 15.6 Å². The fraction of sp³-hybridized carbons (Fsp3) is 0.0769. The van der Waals surface area contributed by atoms with Crippen molar-refractivity contribution < 1.29 is 4.79 Å². The molecule has 1 aromatic heterocycles. The van der Waals surface area contributed by atoms with Crippen molar-refractivity contribution in [3.05, 3.63) is 42.6 Å². The second-order valence-corrected chi connectivity index (χ2v) is 3.86. The van der Waals surface area contributed by atoms with Crippen LogP contribution >= 0.6 is 0 Å². The van der Waals surface area contributed by atoms with E-state index < -0.39 is 0 Å². The monoisotopic (exact) mass is 242 g/mol. The molecule has 0 aliphatic heterocycles. The van der Waals surface area contributed by atoms with Gasteiger partial charge in [0.2, 0.25) is 5.91 Å². The van der Waals surface area contributed by atoms with Crippen molar-refractivity contribution in [2.75, 3.05) is 16.4 Å². The first-order valence-corrected chi connectivity index (χ1v) is 5.50. The van der Waals surface area contributed by atoms with E-state index in [1.54, 1.807) is 18.3 Å². The number of nitrogens with two attached hydrogens (primary N) is 1. The van der Waals surface area contributed by atoms with Gasteiger partial charge in [-0.15, -0.1) is 0 Å². The highest BCUT2D eigenvalue weighted by molar-refractivity contribution is 5.88. The molecule has 4 N–H and O–H groups in total. The number of nitrogen functional groups attached to an aromatic ring is 1. The quantitative estimate of drug-likeness (QED) is 0.772.